The predicted octanol–water partition coefficient (Wildman–Crippen LogP) is 5.34. The molecule has 0 saturated carbocycles. The van der Waals surface area contributed by atoms with Crippen LogP contribution in [0.3, 0.4) is 0 Å². The number of imidazole rings is 1. The Morgan fingerprint density at radius 2 is 1.82 bits per heavy atom. The molecular weight excluding hydrogens is 412 g/mol. The van der Waals surface area contributed by atoms with Crippen LogP contribution in [0.5, 0.6) is 5.75 Å². The molecule has 0 aliphatic carbocycles. The lowest BCUT2D eigenvalue weighted by atomic mass is 10.2. The first-order chi connectivity index (χ1) is 16.2. The molecular formula is C27H30N4O2. The van der Waals surface area contributed by atoms with Crippen molar-refractivity contribution in [1.29, 1.82) is 0 Å². The average molecular weight is 443 g/mol. The van der Waals surface area contributed by atoms with Crippen LogP contribution in [-0.2, 0) is 13.0 Å². The maximum absolute atomic E-state index is 12.6. The molecule has 0 bridgehead atoms. The van der Waals surface area contributed by atoms with Crippen molar-refractivity contribution >= 4 is 16.9 Å². The van der Waals surface area contributed by atoms with Gasteiger partial charge in [0.1, 0.15) is 17.3 Å². The number of nitrogens with zero attached hydrogens (tertiary/aromatic N) is 3. The van der Waals surface area contributed by atoms with Crippen LogP contribution in [0.15, 0.2) is 72.9 Å². The lowest BCUT2D eigenvalue weighted by Gasteiger charge is -2.16. The summed E-state index contributed by atoms with van der Waals surface area (Å²) in [5.74, 6) is 1.55. The van der Waals surface area contributed by atoms with Crippen LogP contribution in [0.2, 0.25) is 0 Å². The number of aromatic nitrogens is 3. The van der Waals surface area contributed by atoms with Gasteiger partial charge in [0.25, 0.3) is 5.91 Å². The molecule has 6 heteroatoms. The Labute approximate surface area is 194 Å². The number of unbranched alkanes of at least 4 members (excludes halogenated alkanes) is 1. The summed E-state index contributed by atoms with van der Waals surface area (Å²) in [6.07, 6.45) is 4.52. The summed E-state index contributed by atoms with van der Waals surface area (Å²) < 4.78 is 8.11. The SMILES string of the molecule is CCc1ccc(OCCCCn2c(C(C)NC(=O)c3ccccn3)nc3ccccc32)cc1. The van der Waals surface area contributed by atoms with Gasteiger partial charge in [-0.15, -0.1) is 0 Å². The molecule has 6 nitrogen and oxygen atoms in total. The number of benzene rings is 2. The topological polar surface area (TPSA) is 69.0 Å². The summed E-state index contributed by atoms with van der Waals surface area (Å²) in [6.45, 7) is 5.58. The van der Waals surface area contributed by atoms with Crippen LogP contribution in [-0.4, -0.2) is 27.0 Å². The summed E-state index contributed by atoms with van der Waals surface area (Å²) in [6, 6.07) is 21.4. The van der Waals surface area contributed by atoms with Crippen molar-refractivity contribution < 1.29 is 9.53 Å². The zero-order valence-corrected chi connectivity index (χ0v) is 19.2. The molecule has 1 atom stereocenters. The minimum atomic E-state index is -0.250. The summed E-state index contributed by atoms with van der Waals surface area (Å²) in [5.41, 5.74) is 3.71. The van der Waals surface area contributed by atoms with Crippen LogP contribution >= 0.6 is 0 Å². The molecule has 0 aliphatic rings. The van der Waals surface area contributed by atoms with Crippen molar-refractivity contribution in [2.75, 3.05) is 6.61 Å². The van der Waals surface area contributed by atoms with E-state index in [1.54, 1.807) is 18.3 Å². The quantitative estimate of drug-likeness (QED) is 0.337. The van der Waals surface area contributed by atoms with E-state index in [2.05, 4.69) is 40.0 Å². The number of hydrogen-bond acceptors (Lipinski definition) is 4. The first-order valence-electron chi connectivity index (χ1n) is 11.5. The average Bonchev–Trinajstić information content (AvgIpc) is 3.23. The maximum Gasteiger partial charge on any atom is 0.270 e. The van der Waals surface area contributed by atoms with E-state index in [1.165, 1.54) is 5.56 Å². The van der Waals surface area contributed by atoms with E-state index in [9.17, 15) is 4.79 Å². The van der Waals surface area contributed by atoms with Crippen LogP contribution < -0.4 is 10.1 Å². The van der Waals surface area contributed by atoms with Gasteiger partial charge in [-0.3, -0.25) is 9.78 Å². The van der Waals surface area contributed by atoms with Crippen LogP contribution in [0, 0.1) is 0 Å². The molecule has 1 amide bonds. The molecule has 4 rings (SSSR count). The minimum Gasteiger partial charge on any atom is -0.494 e. The van der Waals surface area contributed by atoms with Crippen molar-refractivity contribution in [2.45, 2.75) is 45.7 Å². The molecule has 4 aromatic rings. The van der Waals surface area contributed by atoms with Gasteiger partial charge in [0, 0.05) is 12.7 Å². The Morgan fingerprint density at radius 3 is 2.58 bits per heavy atom. The van der Waals surface area contributed by atoms with Gasteiger partial charge in [-0.25, -0.2) is 4.98 Å². The number of rotatable bonds is 10. The normalized spacial score (nSPS) is 11.9. The molecule has 33 heavy (non-hydrogen) atoms. The number of hydrogen-bond donors (Lipinski definition) is 1. The van der Waals surface area contributed by atoms with Gasteiger partial charge in [0.2, 0.25) is 0 Å². The van der Waals surface area contributed by atoms with Gasteiger partial charge >= 0.3 is 0 Å². The van der Waals surface area contributed by atoms with Crippen LogP contribution in [0.4, 0.5) is 0 Å². The highest BCUT2D eigenvalue weighted by molar-refractivity contribution is 5.92. The van der Waals surface area contributed by atoms with Crippen molar-refractivity contribution in [2.24, 2.45) is 0 Å². The predicted molar refractivity (Wildman–Crippen MR) is 130 cm³/mol. The highest BCUT2D eigenvalue weighted by Crippen LogP contribution is 2.22. The largest absolute Gasteiger partial charge is 0.494 e. The second-order valence-electron chi connectivity index (χ2n) is 8.07. The molecule has 0 aliphatic heterocycles. The summed E-state index contributed by atoms with van der Waals surface area (Å²) >= 11 is 0. The number of ether oxygens (including phenoxy) is 1. The van der Waals surface area contributed by atoms with E-state index in [4.69, 9.17) is 9.72 Å². The number of carbonyl (C=O) groups excluding carboxylic acids is 1. The lowest BCUT2D eigenvalue weighted by Crippen LogP contribution is -2.29. The third-order valence-electron chi connectivity index (χ3n) is 5.69. The molecule has 2 aromatic carbocycles. The molecule has 1 N–H and O–H groups in total. The Morgan fingerprint density at radius 1 is 1.03 bits per heavy atom. The number of amides is 1. The minimum absolute atomic E-state index is 0.204. The van der Waals surface area contributed by atoms with E-state index in [1.807, 2.05) is 43.3 Å². The van der Waals surface area contributed by atoms with E-state index in [0.717, 1.165) is 48.4 Å². The highest BCUT2D eigenvalue weighted by atomic mass is 16.5. The van der Waals surface area contributed by atoms with E-state index < -0.39 is 0 Å². The van der Waals surface area contributed by atoms with Gasteiger partial charge in [0.15, 0.2) is 0 Å². The fourth-order valence-electron chi connectivity index (χ4n) is 3.88. The van der Waals surface area contributed by atoms with Crippen molar-refractivity contribution in [3.63, 3.8) is 0 Å². The number of carbonyl (C=O) groups is 1. The van der Waals surface area contributed by atoms with Crippen LogP contribution in [0.25, 0.3) is 11.0 Å². The van der Waals surface area contributed by atoms with Gasteiger partial charge in [0.05, 0.1) is 23.7 Å². The third kappa shape index (κ3) is 5.58. The molecule has 0 spiro atoms. The lowest BCUT2D eigenvalue weighted by molar-refractivity contribution is 0.0932. The third-order valence-corrected chi connectivity index (χ3v) is 5.69. The van der Waals surface area contributed by atoms with E-state index in [-0.39, 0.29) is 11.9 Å². The molecule has 0 radical (unpaired) electrons. The summed E-state index contributed by atoms with van der Waals surface area (Å²) in [5, 5.41) is 3.04. The fourth-order valence-corrected chi connectivity index (χ4v) is 3.88. The number of pyridine rings is 1. The zero-order valence-electron chi connectivity index (χ0n) is 19.2. The highest BCUT2D eigenvalue weighted by Gasteiger charge is 2.19. The monoisotopic (exact) mass is 442 g/mol. The standard InChI is InChI=1S/C27H30N4O2/c1-3-21-13-15-22(16-14-21)33-19-9-8-18-31-25-12-5-4-10-23(25)30-26(31)20(2)29-27(32)24-11-6-7-17-28-24/h4-7,10-17,20H,3,8-9,18-19H2,1-2H3,(H,29,32). The second-order valence-corrected chi connectivity index (χ2v) is 8.07. The fraction of sp³-hybridized carbons (Fsp3) is 0.296. The van der Waals surface area contributed by atoms with Crippen molar-refractivity contribution in [3.8, 4) is 5.75 Å². The number of para-hydroxylation sites is 2. The molecule has 1 unspecified atom stereocenters. The van der Waals surface area contributed by atoms with Crippen molar-refractivity contribution in [3.05, 3.63) is 90.0 Å². The second kappa shape index (κ2) is 10.8. The number of aryl methyl sites for hydroxylation is 2. The Balaban J connectivity index is 1.39. The van der Waals surface area contributed by atoms with E-state index >= 15 is 0 Å². The molecule has 0 saturated heterocycles. The van der Waals surface area contributed by atoms with E-state index in [0.29, 0.717) is 12.3 Å². The smallest absolute Gasteiger partial charge is 0.270 e. The Hall–Kier alpha value is -3.67. The van der Waals surface area contributed by atoms with Gasteiger partial charge in [-0.05, 0) is 68.1 Å². The molecule has 170 valence electrons. The Kier molecular flexibility index (Phi) is 7.35. The molecule has 2 heterocycles. The first kappa shape index (κ1) is 22.5. The Bertz CT molecular complexity index is 1190. The van der Waals surface area contributed by atoms with Crippen LogP contribution in [0.1, 0.15) is 54.6 Å². The molecule has 2 aromatic heterocycles. The van der Waals surface area contributed by atoms with Gasteiger partial charge < -0.3 is 14.6 Å². The summed E-state index contributed by atoms with van der Waals surface area (Å²) in [7, 11) is 0. The zero-order chi connectivity index (χ0) is 23.0. The first-order valence-corrected chi connectivity index (χ1v) is 11.5. The van der Waals surface area contributed by atoms with Crippen molar-refractivity contribution in [1.82, 2.24) is 19.9 Å². The summed E-state index contributed by atoms with van der Waals surface area (Å²) in [4.78, 5) is 21.6. The van der Waals surface area contributed by atoms with Gasteiger partial charge in [-0.1, -0.05) is 37.3 Å². The van der Waals surface area contributed by atoms with Gasteiger partial charge in [-0.2, -0.15) is 0 Å². The molecule has 0 fully saturated rings. The number of nitrogens with one attached hydrogen (secondary N) is 1. The number of fused-ring (bicyclic) bond motifs is 1. The maximum atomic E-state index is 12.6.